The molecule has 3 aromatic heterocycles. The van der Waals surface area contributed by atoms with E-state index in [0.29, 0.717) is 17.3 Å². The second kappa shape index (κ2) is 9.88. The van der Waals surface area contributed by atoms with E-state index in [4.69, 9.17) is 14.8 Å². The van der Waals surface area contributed by atoms with Gasteiger partial charge in [0.1, 0.15) is 12.1 Å². The minimum absolute atomic E-state index is 0.196. The van der Waals surface area contributed by atoms with Crippen LogP contribution in [0.1, 0.15) is 29.8 Å². The number of piperidine rings is 1. The largest absolute Gasteiger partial charge is 0.444 e. The predicted molar refractivity (Wildman–Crippen MR) is 127 cm³/mol. The first-order valence-electron chi connectivity index (χ1n) is 10.4. The third-order valence-electron chi connectivity index (χ3n) is 5.45. The lowest BCUT2D eigenvalue weighted by Crippen LogP contribution is -2.30. The fraction of sp³-hybridized carbons (Fsp3) is 0.273. The Morgan fingerprint density at radius 3 is 2.76 bits per heavy atom. The first-order chi connectivity index (χ1) is 16.1. The van der Waals surface area contributed by atoms with Crippen LogP contribution in [0.4, 0.5) is 17.2 Å². The van der Waals surface area contributed by atoms with Gasteiger partial charge in [0.15, 0.2) is 5.69 Å². The molecule has 0 bridgehead atoms. The van der Waals surface area contributed by atoms with Gasteiger partial charge in [0.25, 0.3) is 5.91 Å². The molecule has 11 heteroatoms. The van der Waals surface area contributed by atoms with Crippen molar-refractivity contribution in [2.75, 3.05) is 29.0 Å². The van der Waals surface area contributed by atoms with Crippen LogP contribution < -0.4 is 16.0 Å². The topological polar surface area (TPSA) is 135 Å². The number of oxazole rings is 1. The zero-order chi connectivity index (χ0) is 23.4. The van der Waals surface area contributed by atoms with Gasteiger partial charge in [-0.25, -0.2) is 9.97 Å². The van der Waals surface area contributed by atoms with E-state index in [0.717, 1.165) is 48.2 Å². The number of fused-ring (bicyclic) bond motifs is 1. The molecule has 5 rings (SSSR count). The number of nitrogens with one attached hydrogen (secondary N) is 1. The van der Waals surface area contributed by atoms with Gasteiger partial charge in [0.05, 0.1) is 28.8 Å². The van der Waals surface area contributed by atoms with Gasteiger partial charge >= 0.3 is 0 Å². The van der Waals surface area contributed by atoms with E-state index < -0.39 is 0 Å². The molecule has 0 spiro atoms. The number of aromatic nitrogens is 4. The molecule has 1 aliphatic heterocycles. The molecule has 0 saturated carbocycles. The number of hydrogen-bond acceptors (Lipinski definition) is 8. The summed E-state index contributed by atoms with van der Waals surface area (Å²) in [6.45, 7) is 1.91. The van der Waals surface area contributed by atoms with Gasteiger partial charge in [-0.05, 0) is 43.5 Å². The Bertz CT molecular complexity index is 1260. The van der Waals surface area contributed by atoms with E-state index in [-0.39, 0.29) is 11.6 Å². The summed E-state index contributed by atoms with van der Waals surface area (Å²) in [6, 6.07) is 7.39. The summed E-state index contributed by atoms with van der Waals surface area (Å²) < 4.78 is 13.8. The summed E-state index contributed by atoms with van der Waals surface area (Å²) in [5.74, 6) is 0.342. The van der Waals surface area contributed by atoms with Crippen molar-refractivity contribution in [2.45, 2.75) is 19.3 Å². The standard InChI is InChI=1S/C22H23N7O2.ClHO/c1-28-12-15-9-17(19(11-16(15)27-28)29-7-3-2-4-8-29)25-21(30)18-13-31-22(26-18)14-5-6-24-20(23)10-14;1-2/h5-6,9-13H,2-4,7-8H2,1H3,(H2,23,24)(H,25,30);2H. The van der Waals surface area contributed by atoms with E-state index in [1.54, 1.807) is 23.0 Å². The molecule has 1 fully saturated rings. The van der Waals surface area contributed by atoms with Crippen molar-refractivity contribution < 1.29 is 13.9 Å². The van der Waals surface area contributed by atoms with Crippen molar-refractivity contribution in [1.82, 2.24) is 19.7 Å². The van der Waals surface area contributed by atoms with Gasteiger partial charge in [-0.2, -0.15) is 5.10 Å². The third-order valence-corrected chi connectivity index (χ3v) is 5.45. The average Bonchev–Trinajstić information content (AvgIpc) is 3.46. The van der Waals surface area contributed by atoms with Crippen molar-refractivity contribution >= 4 is 45.9 Å². The van der Waals surface area contributed by atoms with Crippen molar-refractivity contribution in [2.24, 2.45) is 7.05 Å². The number of carbonyl (C=O) groups excluding carboxylic acids is 1. The number of benzene rings is 1. The second-order valence-electron chi connectivity index (χ2n) is 7.74. The Kier molecular flexibility index (Phi) is 6.76. The maximum Gasteiger partial charge on any atom is 0.277 e. The molecule has 1 aliphatic rings. The fourth-order valence-electron chi connectivity index (χ4n) is 3.96. The zero-order valence-electron chi connectivity index (χ0n) is 18.0. The first kappa shape index (κ1) is 22.6. The van der Waals surface area contributed by atoms with Crippen LogP contribution in [0.2, 0.25) is 0 Å². The van der Waals surface area contributed by atoms with Crippen LogP contribution in [0.25, 0.3) is 22.4 Å². The number of pyridine rings is 1. The molecule has 0 aliphatic carbocycles. The Morgan fingerprint density at radius 2 is 2.00 bits per heavy atom. The minimum atomic E-state index is -0.335. The Morgan fingerprint density at radius 1 is 1.21 bits per heavy atom. The van der Waals surface area contributed by atoms with E-state index in [1.807, 2.05) is 25.4 Å². The van der Waals surface area contributed by atoms with Gasteiger partial charge < -0.3 is 20.4 Å². The Labute approximate surface area is 195 Å². The molecular formula is C22H24ClN7O3. The molecule has 0 unspecified atom stereocenters. The van der Waals surface area contributed by atoms with Crippen molar-refractivity contribution in [1.29, 1.82) is 0 Å². The van der Waals surface area contributed by atoms with Gasteiger partial charge in [-0.3, -0.25) is 14.1 Å². The molecule has 1 saturated heterocycles. The van der Waals surface area contributed by atoms with Gasteiger partial charge in [-0.15, -0.1) is 0 Å². The molecule has 4 aromatic rings. The van der Waals surface area contributed by atoms with Crippen molar-refractivity contribution in [3.63, 3.8) is 0 Å². The highest BCUT2D eigenvalue weighted by molar-refractivity contribution is 6.06. The Balaban J connectivity index is 0.00000126. The summed E-state index contributed by atoms with van der Waals surface area (Å²) in [5.41, 5.74) is 9.21. The highest BCUT2D eigenvalue weighted by Gasteiger charge is 2.20. The summed E-state index contributed by atoms with van der Waals surface area (Å²) in [5, 5.41) is 8.51. The lowest BCUT2D eigenvalue weighted by Gasteiger charge is -2.30. The van der Waals surface area contributed by atoms with E-state index >= 15 is 0 Å². The summed E-state index contributed by atoms with van der Waals surface area (Å²) in [7, 11) is 1.89. The van der Waals surface area contributed by atoms with Gasteiger partial charge in [0, 0.05) is 43.5 Å². The van der Waals surface area contributed by atoms with Crippen LogP contribution in [-0.4, -0.2) is 43.4 Å². The number of halogens is 1. The number of amides is 1. The summed E-state index contributed by atoms with van der Waals surface area (Å²) >= 11 is 3.64. The number of aryl methyl sites for hydroxylation is 1. The van der Waals surface area contributed by atoms with Crippen molar-refractivity contribution in [3.8, 4) is 11.5 Å². The van der Waals surface area contributed by atoms with Crippen molar-refractivity contribution in [3.05, 3.63) is 48.6 Å². The normalized spacial score (nSPS) is 13.5. The molecule has 33 heavy (non-hydrogen) atoms. The maximum atomic E-state index is 13.0. The molecular weight excluding hydrogens is 446 g/mol. The molecule has 1 amide bonds. The number of nitrogen functional groups attached to an aromatic ring is 1. The lowest BCUT2D eigenvalue weighted by atomic mass is 10.1. The van der Waals surface area contributed by atoms with Crippen LogP contribution in [0.5, 0.6) is 0 Å². The summed E-state index contributed by atoms with van der Waals surface area (Å²) in [4.78, 5) is 23.6. The zero-order valence-corrected chi connectivity index (χ0v) is 18.8. The average molecular weight is 470 g/mol. The smallest absolute Gasteiger partial charge is 0.277 e. The molecule has 172 valence electrons. The minimum Gasteiger partial charge on any atom is -0.444 e. The third kappa shape index (κ3) is 4.91. The molecule has 4 heterocycles. The second-order valence-corrected chi connectivity index (χ2v) is 7.74. The fourth-order valence-corrected chi connectivity index (χ4v) is 3.96. The quantitative estimate of drug-likeness (QED) is 0.412. The van der Waals surface area contributed by atoms with Crippen LogP contribution in [0.3, 0.4) is 0 Å². The Hall–Kier alpha value is -3.63. The molecule has 0 radical (unpaired) electrons. The van der Waals surface area contributed by atoms with Crippen LogP contribution in [0, 0.1) is 0 Å². The number of carbonyl (C=O) groups is 1. The number of rotatable bonds is 4. The van der Waals surface area contributed by atoms with Gasteiger partial charge in [0.2, 0.25) is 5.89 Å². The molecule has 0 atom stereocenters. The molecule has 10 nitrogen and oxygen atoms in total. The number of hydrogen-bond donors (Lipinski definition) is 3. The number of anilines is 3. The van der Waals surface area contributed by atoms with Crippen LogP contribution >= 0.6 is 11.9 Å². The van der Waals surface area contributed by atoms with Crippen LogP contribution in [0.15, 0.2) is 47.3 Å². The van der Waals surface area contributed by atoms with Gasteiger partial charge in [-0.1, -0.05) is 0 Å². The number of nitrogens with two attached hydrogens (primary N) is 1. The monoisotopic (exact) mass is 469 g/mol. The maximum absolute atomic E-state index is 13.0. The first-order valence-corrected chi connectivity index (χ1v) is 10.8. The highest BCUT2D eigenvalue weighted by Crippen LogP contribution is 2.33. The molecule has 4 N–H and O–H groups in total. The van der Waals surface area contributed by atoms with E-state index in [9.17, 15) is 4.79 Å². The molecule has 1 aromatic carbocycles. The lowest BCUT2D eigenvalue weighted by molar-refractivity contribution is 0.102. The van der Waals surface area contributed by atoms with Crippen LogP contribution in [-0.2, 0) is 7.05 Å². The van der Waals surface area contributed by atoms with E-state index in [1.165, 1.54) is 12.7 Å². The highest BCUT2D eigenvalue weighted by atomic mass is 35.5. The predicted octanol–water partition coefficient (Wildman–Crippen LogP) is 3.58. The number of nitrogens with zero attached hydrogens (tertiary/aromatic N) is 5. The SMILES string of the molecule is Cn1cc2cc(NC(=O)c3coc(-c4ccnc(N)c4)n3)c(N3CCCCC3)cc2n1.OCl. The summed E-state index contributed by atoms with van der Waals surface area (Å²) in [6.07, 6.45) is 8.36. The van der Waals surface area contributed by atoms with E-state index in [2.05, 4.69) is 37.1 Å².